The molecule has 0 saturated heterocycles. The van der Waals surface area contributed by atoms with Crippen LogP contribution in [0.15, 0.2) is 24.4 Å². The number of hydrogen-bond donors (Lipinski definition) is 1. The van der Waals surface area contributed by atoms with E-state index in [1.54, 1.807) is 0 Å². The fourth-order valence-corrected chi connectivity index (χ4v) is 2.59. The highest BCUT2D eigenvalue weighted by Crippen LogP contribution is 2.51. The molecular weight excluding hydrogens is 230 g/mol. The zero-order valence-electron chi connectivity index (χ0n) is 10.4. The van der Waals surface area contributed by atoms with Gasteiger partial charge in [-0.25, -0.2) is 4.98 Å². The summed E-state index contributed by atoms with van der Waals surface area (Å²) in [5.41, 5.74) is 8.01. The normalized spacial score (nSPS) is 26.3. The maximum atomic E-state index is 11.7. The van der Waals surface area contributed by atoms with Gasteiger partial charge in [0, 0.05) is 12.1 Å². The van der Waals surface area contributed by atoms with Gasteiger partial charge in [0.2, 0.25) is 0 Å². The van der Waals surface area contributed by atoms with E-state index in [4.69, 9.17) is 10.5 Å². The minimum absolute atomic E-state index is 0.0117. The molecule has 2 aromatic rings. The molecule has 0 amide bonds. The van der Waals surface area contributed by atoms with Crippen LogP contribution in [0.2, 0.25) is 0 Å². The quantitative estimate of drug-likeness (QED) is 0.801. The van der Waals surface area contributed by atoms with Gasteiger partial charge in [-0.3, -0.25) is 4.79 Å². The van der Waals surface area contributed by atoms with E-state index >= 15 is 0 Å². The molecule has 5 nitrogen and oxygen atoms in total. The molecule has 3 rings (SSSR count). The minimum Gasteiger partial charge on any atom is -0.468 e. The summed E-state index contributed by atoms with van der Waals surface area (Å²) in [4.78, 5) is 16.2. The van der Waals surface area contributed by atoms with Crippen molar-refractivity contribution in [2.45, 2.75) is 24.8 Å². The van der Waals surface area contributed by atoms with Crippen molar-refractivity contribution in [1.29, 1.82) is 0 Å². The molecule has 0 spiro atoms. The van der Waals surface area contributed by atoms with Crippen LogP contribution in [0.4, 0.5) is 0 Å². The van der Waals surface area contributed by atoms with Crippen molar-refractivity contribution in [3.63, 3.8) is 0 Å². The first kappa shape index (κ1) is 11.2. The van der Waals surface area contributed by atoms with E-state index in [1.807, 2.05) is 35.7 Å². The van der Waals surface area contributed by atoms with Gasteiger partial charge in [-0.05, 0) is 25.5 Å². The number of aryl methyl sites for hydroxylation is 1. The molecule has 2 heterocycles. The number of hydrogen-bond acceptors (Lipinski definition) is 4. The Morgan fingerprint density at radius 2 is 2.39 bits per heavy atom. The van der Waals surface area contributed by atoms with E-state index in [0.29, 0.717) is 6.42 Å². The Hall–Kier alpha value is -1.88. The number of carbonyl (C=O) groups excluding carboxylic acids is 1. The highest BCUT2D eigenvalue weighted by atomic mass is 16.5. The predicted molar refractivity (Wildman–Crippen MR) is 66.2 cm³/mol. The van der Waals surface area contributed by atoms with Crippen molar-refractivity contribution in [3.05, 3.63) is 35.8 Å². The number of pyridine rings is 1. The third kappa shape index (κ3) is 1.37. The van der Waals surface area contributed by atoms with Crippen LogP contribution in [0, 0.1) is 6.92 Å². The minimum atomic E-state index is -0.884. The highest BCUT2D eigenvalue weighted by molar-refractivity contribution is 5.86. The standard InChI is InChI=1S/C13H15N3O2/c1-8-11(9-7-13(9,14)12(17)18-2)16-6-4-3-5-10(16)15-8/h3-6,9H,7,14H2,1-2H3. The van der Waals surface area contributed by atoms with E-state index < -0.39 is 5.54 Å². The average molecular weight is 245 g/mol. The second-order valence-electron chi connectivity index (χ2n) is 4.80. The van der Waals surface area contributed by atoms with Crippen molar-refractivity contribution in [1.82, 2.24) is 9.38 Å². The lowest BCUT2D eigenvalue weighted by atomic mass is 10.1. The molecule has 0 aliphatic heterocycles. The van der Waals surface area contributed by atoms with Gasteiger partial charge in [0.05, 0.1) is 18.5 Å². The Balaban J connectivity index is 2.07. The van der Waals surface area contributed by atoms with Crippen molar-refractivity contribution >= 4 is 11.6 Å². The Morgan fingerprint density at radius 3 is 3.11 bits per heavy atom. The summed E-state index contributed by atoms with van der Waals surface area (Å²) >= 11 is 0. The summed E-state index contributed by atoms with van der Waals surface area (Å²) in [6.45, 7) is 1.94. The Morgan fingerprint density at radius 1 is 1.61 bits per heavy atom. The first-order valence-corrected chi connectivity index (χ1v) is 5.89. The molecular formula is C13H15N3O2. The molecule has 1 aliphatic carbocycles. The lowest BCUT2D eigenvalue weighted by molar-refractivity contribution is -0.143. The number of nitrogens with zero attached hydrogens (tertiary/aromatic N) is 2. The van der Waals surface area contributed by atoms with Crippen LogP contribution < -0.4 is 5.73 Å². The number of imidazole rings is 1. The summed E-state index contributed by atoms with van der Waals surface area (Å²) in [5.74, 6) is -0.361. The van der Waals surface area contributed by atoms with Gasteiger partial charge in [-0.1, -0.05) is 6.07 Å². The van der Waals surface area contributed by atoms with Crippen LogP contribution in [0.5, 0.6) is 0 Å². The third-order valence-corrected chi connectivity index (χ3v) is 3.65. The molecule has 18 heavy (non-hydrogen) atoms. The van der Waals surface area contributed by atoms with Crippen molar-refractivity contribution in [2.24, 2.45) is 5.73 Å². The molecule has 5 heteroatoms. The smallest absolute Gasteiger partial charge is 0.326 e. The van der Waals surface area contributed by atoms with Gasteiger partial charge < -0.3 is 14.9 Å². The topological polar surface area (TPSA) is 69.6 Å². The summed E-state index contributed by atoms with van der Waals surface area (Å²) in [7, 11) is 1.37. The number of aromatic nitrogens is 2. The van der Waals surface area contributed by atoms with Crippen LogP contribution in [0.25, 0.3) is 5.65 Å². The van der Waals surface area contributed by atoms with Crippen LogP contribution in [-0.2, 0) is 9.53 Å². The molecule has 1 fully saturated rings. The molecule has 1 aliphatic rings. The van der Waals surface area contributed by atoms with Gasteiger partial charge >= 0.3 is 5.97 Å². The van der Waals surface area contributed by atoms with E-state index in [1.165, 1.54) is 7.11 Å². The van der Waals surface area contributed by atoms with E-state index in [-0.39, 0.29) is 11.9 Å². The lowest BCUT2D eigenvalue weighted by Gasteiger charge is -2.09. The van der Waals surface area contributed by atoms with Gasteiger partial charge in [-0.2, -0.15) is 0 Å². The second-order valence-corrected chi connectivity index (χ2v) is 4.80. The Kier molecular flexibility index (Phi) is 2.22. The third-order valence-electron chi connectivity index (χ3n) is 3.65. The summed E-state index contributed by atoms with van der Waals surface area (Å²) in [5, 5.41) is 0. The van der Waals surface area contributed by atoms with Crippen LogP contribution >= 0.6 is 0 Å². The van der Waals surface area contributed by atoms with Crippen molar-refractivity contribution in [3.8, 4) is 0 Å². The fourth-order valence-electron chi connectivity index (χ4n) is 2.59. The molecule has 2 unspecified atom stereocenters. The SMILES string of the molecule is COC(=O)C1(N)CC1c1c(C)nc2ccccn12. The van der Waals surface area contributed by atoms with Crippen LogP contribution in [-0.4, -0.2) is 28.0 Å². The summed E-state index contributed by atoms with van der Waals surface area (Å²) < 4.78 is 6.76. The number of esters is 1. The van der Waals surface area contributed by atoms with Crippen molar-refractivity contribution in [2.75, 3.05) is 7.11 Å². The first-order valence-electron chi connectivity index (χ1n) is 5.89. The average Bonchev–Trinajstić information content (AvgIpc) is 2.92. The molecule has 94 valence electrons. The molecule has 0 radical (unpaired) electrons. The molecule has 0 bridgehead atoms. The number of methoxy groups -OCH3 is 1. The van der Waals surface area contributed by atoms with Crippen LogP contribution in [0.1, 0.15) is 23.7 Å². The summed E-state index contributed by atoms with van der Waals surface area (Å²) in [6, 6.07) is 5.82. The van der Waals surface area contributed by atoms with Crippen molar-refractivity contribution < 1.29 is 9.53 Å². The zero-order chi connectivity index (χ0) is 12.9. The van der Waals surface area contributed by atoms with Gasteiger partial charge in [0.15, 0.2) is 0 Å². The van der Waals surface area contributed by atoms with Gasteiger partial charge in [-0.15, -0.1) is 0 Å². The fraction of sp³-hybridized carbons (Fsp3) is 0.385. The van der Waals surface area contributed by atoms with E-state index in [0.717, 1.165) is 17.0 Å². The Labute approximate surface area is 105 Å². The van der Waals surface area contributed by atoms with E-state index in [9.17, 15) is 4.79 Å². The summed E-state index contributed by atoms with van der Waals surface area (Å²) in [6.07, 6.45) is 2.56. The van der Waals surface area contributed by atoms with Gasteiger partial charge in [0.1, 0.15) is 11.2 Å². The zero-order valence-corrected chi connectivity index (χ0v) is 10.4. The molecule has 2 N–H and O–H groups in total. The number of fused-ring (bicyclic) bond motifs is 1. The molecule has 1 saturated carbocycles. The van der Waals surface area contributed by atoms with Crippen LogP contribution in [0.3, 0.4) is 0 Å². The van der Waals surface area contributed by atoms with Gasteiger partial charge in [0.25, 0.3) is 0 Å². The lowest BCUT2D eigenvalue weighted by Crippen LogP contribution is -2.36. The monoisotopic (exact) mass is 245 g/mol. The molecule has 0 aromatic carbocycles. The largest absolute Gasteiger partial charge is 0.468 e. The predicted octanol–water partition coefficient (Wildman–Crippen LogP) is 1.00. The number of carbonyl (C=O) groups is 1. The molecule has 2 atom stereocenters. The maximum absolute atomic E-state index is 11.7. The molecule has 2 aromatic heterocycles. The number of rotatable bonds is 2. The highest BCUT2D eigenvalue weighted by Gasteiger charge is 2.60. The first-order chi connectivity index (χ1) is 8.58. The Bertz CT molecular complexity index is 634. The van der Waals surface area contributed by atoms with E-state index in [2.05, 4.69) is 4.98 Å². The maximum Gasteiger partial charge on any atom is 0.326 e. The number of ether oxygens (including phenoxy) is 1. The number of nitrogens with two attached hydrogens (primary N) is 1. The second kappa shape index (κ2) is 3.55.